The first-order valence-electron chi connectivity index (χ1n) is 4.23. The van der Waals surface area contributed by atoms with Crippen LogP contribution in [0.2, 0.25) is 0 Å². The number of anilines is 1. The minimum atomic E-state index is -0.292. The van der Waals surface area contributed by atoms with Gasteiger partial charge >= 0.3 is 0 Å². The van der Waals surface area contributed by atoms with Crippen LogP contribution in [0.15, 0.2) is 23.1 Å². The zero-order valence-corrected chi connectivity index (χ0v) is 9.17. The predicted octanol–water partition coefficient (Wildman–Crippen LogP) is 2.83. The number of rotatable bonds is 5. The number of nitrogen functional groups attached to an aromatic ring is 1. The largest absolute Gasteiger partial charge is 0.323 e. The molecule has 0 radical (unpaired) electrons. The van der Waals surface area contributed by atoms with E-state index < -0.39 is 0 Å². The summed E-state index contributed by atoms with van der Waals surface area (Å²) in [6.07, 6.45) is 0.924. The quantitative estimate of drug-likeness (QED) is 0.271. The third-order valence-electron chi connectivity index (χ3n) is 1.63. The van der Waals surface area contributed by atoms with E-state index >= 15 is 0 Å². The first-order chi connectivity index (χ1) is 6.77. The van der Waals surface area contributed by atoms with Crippen molar-refractivity contribution in [1.82, 2.24) is 0 Å². The van der Waals surface area contributed by atoms with Gasteiger partial charge in [0.25, 0.3) is 0 Å². The topological polar surface area (TPSA) is 38.0 Å². The lowest BCUT2D eigenvalue weighted by atomic mass is 10.3. The summed E-state index contributed by atoms with van der Waals surface area (Å²) >= 11 is 7.16. The second kappa shape index (κ2) is 6.11. The molecule has 0 unspecified atom stereocenters. The van der Waals surface area contributed by atoms with Gasteiger partial charge in [0.05, 0.1) is 5.69 Å². The summed E-state index contributed by atoms with van der Waals surface area (Å²) in [7, 11) is 0. The third kappa shape index (κ3) is 3.36. The standard InChI is InChI=1S/C9H12ClFN2S/c10-4-1-5-14-9-3-2-7(11)6-8(9)13-12/h2-3,6,13H,1,4-5,12H2. The Bertz CT molecular complexity index is 296. The summed E-state index contributed by atoms with van der Waals surface area (Å²) in [5, 5.41) is 0. The fourth-order valence-electron chi connectivity index (χ4n) is 0.978. The Kier molecular flexibility index (Phi) is 5.07. The second-order valence-corrected chi connectivity index (χ2v) is 4.19. The third-order valence-corrected chi connectivity index (χ3v) is 3.06. The van der Waals surface area contributed by atoms with Gasteiger partial charge in [-0.15, -0.1) is 23.4 Å². The van der Waals surface area contributed by atoms with Gasteiger partial charge in [-0.25, -0.2) is 4.39 Å². The van der Waals surface area contributed by atoms with Gasteiger partial charge in [-0.2, -0.15) is 0 Å². The summed E-state index contributed by atoms with van der Waals surface area (Å²) in [6, 6.07) is 4.51. The molecule has 78 valence electrons. The van der Waals surface area contributed by atoms with Crippen LogP contribution in [0.3, 0.4) is 0 Å². The predicted molar refractivity (Wildman–Crippen MR) is 60.3 cm³/mol. The molecule has 0 saturated carbocycles. The summed E-state index contributed by atoms with van der Waals surface area (Å²) in [6.45, 7) is 0. The van der Waals surface area contributed by atoms with Crippen LogP contribution in [0, 0.1) is 5.82 Å². The van der Waals surface area contributed by atoms with Gasteiger partial charge in [0.15, 0.2) is 0 Å². The molecule has 0 aromatic heterocycles. The molecule has 0 spiro atoms. The summed E-state index contributed by atoms with van der Waals surface area (Å²) in [5.74, 6) is 6.52. The van der Waals surface area contributed by atoms with E-state index in [2.05, 4.69) is 5.43 Å². The minimum absolute atomic E-state index is 0.292. The first-order valence-corrected chi connectivity index (χ1v) is 5.75. The molecular weight excluding hydrogens is 223 g/mol. The molecule has 2 nitrogen and oxygen atoms in total. The number of hydrogen-bond donors (Lipinski definition) is 2. The number of nitrogens with two attached hydrogens (primary N) is 1. The SMILES string of the molecule is NNc1cc(F)ccc1SCCCCl. The fourth-order valence-corrected chi connectivity index (χ4v) is 2.22. The normalized spacial score (nSPS) is 10.2. The Balaban J connectivity index is 2.65. The Hall–Kier alpha value is -0.450. The van der Waals surface area contributed by atoms with Crippen molar-refractivity contribution in [2.45, 2.75) is 11.3 Å². The Morgan fingerprint density at radius 1 is 1.50 bits per heavy atom. The van der Waals surface area contributed by atoms with Crippen LogP contribution < -0.4 is 11.3 Å². The average Bonchev–Trinajstić information content (AvgIpc) is 2.20. The Labute approximate surface area is 92.0 Å². The molecule has 0 aliphatic carbocycles. The molecule has 3 N–H and O–H groups in total. The lowest BCUT2D eigenvalue weighted by molar-refractivity contribution is 0.627. The highest BCUT2D eigenvalue weighted by atomic mass is 35.5. The van der Waals surface area contributed by atoms with E-state index in [4.69, 9.17) is 17.4 Å². The molecule has 0 aliphatic rings. The lowest BCUT2D eigenvalue weighted by Gasteiger charge is -2.07. The number of thioether (sulfide) groups is 1. The van der Waals surface area contributed by atoms with Crippen molar-refractivity contribution < 1.29 is 4.39 Å². The second-order valence-electron chi connectivity index (χ2n) is 2.68. The molecule has 0 heterocycles. The highest BCUT2D eigenvalue weighted by molar-refractivity contribution is 7.99. The number of alkyl halides is 1. The molecule has 0 fully saturated rings. The van der Waals surface area contributed by atoms with Crippen LogP contribution in [-0.4, -0.2) is 11.6 Å². The summed E-state index contributed by atoms with van der Waals surface area (Å²) in [5.41, 5.74) is 3.08. The van der Waals surface area contributed by atoms with Crippen molar-refractivity contribution in [3.8, 4) is 0 Å². The van der Waals surface area contributed by atoms with Crippen LogP contribution >= 0.6 is 23.4 Å². The van der Waals surface area contributed by atoms with Crippen LogP contribution in [0.1, 0.15) is 6.42 Å². The molecular formula is C9H12ClFN2S. The van der Waals surface area contributed by atoms with E-state index in [0.29, 0.717) is 11.6 Å². The Morgan fingerprint density at radius 2 is 2.29 bits per heavy atom. The molecule has 14 heavy (non-hydrogen) atoms. The highest BCUT2D eigenvalue weighted by Crippen LogP contribution is 2.27. The van der Waals surface area contributed by atoms with Crippen LogP contribution in [0.5, 0.6) is 0 Å². The maximum absolute atomic E-state index is 12.8. The molecule has 1 rings (SSSR count). The van der Waals surface area contributed by atoms with Crippen LogP contribution in [0.25, 0.3) is 0 Å². The van der Waals surface area contributed by atoms with Gasteiger partial charge in [-0.3, -0.25) is 5.84 Å². The van der Waals surface area contributed by atoms with E-state index in [1.807, 2.05) is 0 Å². The molecule has 0 atom stereocenters. The molecule has 0 amide bonds. The molecule has 0 saturated heterocycles. The average molecular weight is 235 g/mol. The van der Waals surface area contributed by atoms with E-state index in [1.165, 1.54) is 12.1 Å². The highest BCUT2D eigenvalue weighted by Gasteiger charge is 2.02. The van der Waals surface area contributed by atoms with Crippen molar-refractivity contribution in [2.75, 3.05) is 17.1 Å². The van der Waals surface area contributed by atoms with E-state index in [-0.39, 0.29) is 5.82 Å². The minimum Gasteiger partial charge on any atom is -0.323 e. The van der Waals surface area contributed by atoms with Crippen molar-refractivity contribution >= 4 is 29.1 Å². The van der Waals surface area contributed by atoms with Gasteiger partial charge in [0.1, 0.15) is 5.82 Å². The zero-order valence-electron chi connectivity index (χ0n) is 7.59. The summed E-state index contributed by atoms with van der Waals surface area (Å²) in [4.78, 5) is 0.944. The van der Waals surface area contributed by atoms with Gasteiger partial charge in [0, 0.05) is 10.8 Å². The van der Waals surface area contributed by atoms with Gasteiger partial charge in [-0.1, -0.05) is 0 Å². The lowest BCUT2D eigenvalue weighted by Crippen LogP contribution is -2.08. The van der Waals surface area contributed by atoms with Gasteiger partial charge in [-0.05, 0) is 30.4 Å². The van der Waals surface area contributed by atoms with Crippen LogP contribution in [0.4, 0.5) is 10.1 Å². The summed E-state index contributed by atoms with van der Waals surface area (Å²) < 4.78 is 12.8. The maximum Gasteiger partial charge on any atom is 0.125 e. The number of hydrazine groups is 1. The molecule has 1 aromatic rings. The van der Waals surface area contributed by atoms with Crippen molar-refractivity contribution in [3.63, 3.8) is 0 Å². The monoisotopic (exact) mass is 234 g/mol. The van der Waals surface area contributed by atoms with E-state index in [9.17, 15) is 4.39 Å². The maximum atomic E-state index is 12.8. The first kappa shape index (κ1) is 11.6. The smallest absolute Gasteiger partial charge is 0.125 e. The van der Waals surface area contributed by atoms with E-state index in [1.54, 1.807) is 17.8 Å². The number of nitrogens with one attached hydrogen (secondary N) is 1. The molecule has 5 heteroatoms. The van der Waals surface area contributed by atoms with Crippen LogP contribution in [-0.2, 0) is 0 Å². The number of halogens is 2. The molecule has 0 aliphatic heterocycles. The molecule has 1 aromatic carbocycles. The Morgan fingerprint density at radius 3 is 2.93 bits per heavy atom. The van der Waals surface area contributed by atoms with Gasteiger partial charge in [0.2, 0.25) is 0 Å². The fraction of sp³-hybridized carbons (Fsp3) is 0.333. The van der Waals surface area contributed by atoms with Gasteiger partial charge < -0.3 is 5.43 Å². The molecule has 0 bridgehead atoms. The number of benzene rings is 1. The van der Waals surface area contributed by atoms with Crippen molar-refractivity contribution in [1.29, 1.82) is 0 Å². The van der Waals surface area contributed by atoms with E-state index in [0.717, 1.165) is 17.1 Å². The van der Waals surface area contributed by atoms with Crippen molar-refractivity contribution in [3.05, 3.63) is 24.0 Å². The number of hydrogen-bond acceptors (Lipinski definition) is 3. The zero-order chi connectivity index (χ0) is 10.4. The van der Waals surface area contributed by atoms with Crippen molar-refractivity contribution in [2.24, 2.45) is 5.84 Å².